The molecule has 0 unspecified atom stereocenters. The summed E-state index contributed by atoms with van der Waals surface area (Å²) in [5, 5.41) is 3.25. The summed E-state index contributed by atoms with van der Waals surface area (Å²) in [7, 11) is 0. The maximum absolute atomic E-state index is 12.8. The van der Waals surface area contributed by atoms with Gasteiger partial charge in [0.1, 0.15) is 11.6 Å². The molecule has 2 aromatic carbocycles. The molecule has 0 spiro atoms. The smallest absolute Gasteiger partial charge is 0.258 e. The molecule has 0 aliphatic carbocycles. The van der Waals surface area contributed by atoms with Crippen molar-refractivity contribution in [3.05, 3.63) is 70.5 Å². The number of anilines is 1. The Morgan fingerprint density at radius 1 is 1.12 bits per heavy atom. The van der Waals surface area contributed by atoms with Crippen LogP contribution in [0.1, 0.15) is 18.7 Å². The van der Waals surface area contributed by atoms with Crippen molar-refractivity contribution in [2.75, 3.05) is 5.32 Å². The number of fused-ring (bicyclic) bond motifs is 1. The standard InChI is InChI=1S/C18H16FN3O2/c19-12-8-10-13(11-9-12)20-17(23)7-3-6-16-21-15-5-2-1-4-14(15)18(24)22-16/h1-2,4-5,8-11H,3,6-7H2,(H,20,23)(H,21,22,24). The lowest BCUT2D eigenvalue weighted by molar-refractivity contribution is -0.116. The van der Waals surface area contributed by atoms with Crippen molar-refractivity contribution in [3.63, 3.8) is 0 Å². The fourth-order valence-corrected chi connectivity index (χ4v) is 2.43. The van der Waals surface area contributed by atoms with E-state index in [0.29, 0.717) is 35.3 Å². The fraction of sp³-hybridized carbons (Fsp3) is 0.167. The van der Waals surface area contributed by atoms with Gasteiger partial charge in [0.05, 0.1) is 10.9 Å². The number of rotatable bonds is 5. The number of benzene rings is 2. The van der Waals surface area contributed by atoms with Crippen molar-refractivity contribution in [1.29, 1.82) is 0 Å². The van der Waals surface area contributed by atoms with Gasteiger partial charge in [-0.3, -0.25) is 9.59 Å². The SMILES string of the molecule is O=C(CCCc1nc2ccccc2c(=O)[nH]1)Nc1ccc(F)cc1. The van der Waals surface area contributed by atoms with Crippen LogP contribution in [-0.4, -0.2) is 15.9 Å². The van der Waals surface area contributed by atoms with Crippen LogP contribution < -0.4 is 10.9 Å². The minimum atomic E-state index is -0.348. The number of nitrogens with one attached hydrogen (secondary N) is 2. The molecule has 0 saturated heterocycles. The van der Waals surface area contributed by atoms with Crippen molar-refractivity contribution in [3.8, 4) is 0 Å². The van der Waals surface area contributed by atoms with Crippen LogP contribution >= 0.6 is 0 Å². The van der Waals surface area contributed by atoms with Crippen molar-refractivity contribution in [2.24, 2.45) is 0 Å². The van der Waals surface area contributed by atoms with E-state index in [1.54, 1.807) is 18.2 Å². The van der Waals surface area contributed by atoms with E-state index in [4.69, 9.17) is 0 Å². The minimum Gasteiger partial charge on any atom is -0.326 e. The Kier molecular flexibility index (Phi) is 4.65. The molecule has 5 nitrogen and oxygen atoms in total. The Balaban J connectivity index is 1.57. The molecule has 0 fully saturated rings. The quantitative estimate of drug-likeness (QED) is 0.757. The highest BCUT2D eigenvalue weighted by Crippen LogP contribution is 2.10. The molecule has 0 atom stereocenters. The van der Waals surface area contributed by atoms with Gasteiger partial charge >= 0.3 is 0 Å². The third kappa shape index (κ3) is 3.84. The highest BCUT2D eigenvalue weighted by molar-refractivity contribution is 5.90. The number of hydrogen-bond acceptors (Lipinski definition) is 3. The highest BCUT2D eigenvalue weighted by atomic mass is 19.1. The number of carbonyl (C=O) groups excluding carboxylic acids is 1. The first-order valence-corrected chi connectivity index (χ1v) is 7.65. The summed E-state index contributed by atoms with van der Waals surface area (Å²) >= 11 is 0. The Bertz CT molecular complexity index is 919. The number of para-hydroxylation sites is 1. The van der Waals surface area contributed by atoms with E-state index in [9.17, 15) is 14.0 Å². The van der Waals surface area contributed by atoms with Crippen LogP contribution in [0.25, 0.3) is 10.9 Å². The summed E-state index contributed by atoms with van der Waals surface area (Å²) in [4.78, 5) is 31.0. The predicted molar refractivity (Wildman–Crippen MR) is 90.3 cm³/mol. The van der Waals surface area contributed by atoms with Gasteiger partial charge in [-0.2, -0.15) is 0 Å². The average molecular weight is 325 g/mol. The van der Waals surface area contributed by atoms with Crippen LogP contribution in [0, 0.1) is 5.82 Å². The summed E-state index contributed by atoms with van der Waals surface area (Å²) in [5.41, 5.74) is 1.03. The molecule has 3 aromatic rings. The Labute approximate surface area is 137 Å². The molecule has 1 aromatic heterocycles. The van der Waals surface area contributed by atoms with Gasteiger partial charge < -0.3 is 10.3 Å². The second kappa shape index (κ2) is 7.04. The first-order valence-electron chi connectivity index (χ1n) is 7.65. The maximum atomic E-state index is 12.8. The predicted octanol–water partition coefficient (Wildman–Crippen LogP) is 3.02. The number of H-pyrrole nitrogens is 1. The van der Waals surface area contributed by atoms with Crippen molar-refractivity contribution in [2.45, 2.75) is 19.3 Å². The number of amides is 1. The van der Waals surface area contributed by atoms with E-state index in [1.165, 1.54) is 24.3 Å². The number of hydrogen-bond donors (Lipinski definition) is 2. The van der Waals surface area contributed by atoms with Crippen molar-refractivity contribution in [1.82, 2.24) is 9.97 Å². The van der Waals surface area contributed by atoms with Gasteiger partial charge in [-0.15, -0.1) is 0 Å². The Morgan fingerprint density at radius 2 is 1.88 bits per heavy atom. The van der Waals surface area contributed by atoms with Gasteiger partial charge in [0.15, 0.2) is 0 Å². The van der Waals surface area contributed by atoms with Crippen LogP contribution in [-0.2, 0) is 11.2 Å². The number of nitrogens with zero attached hydrogens (tertiary/aromatic N) is 1. The molecule has 0 aliphatic rings. The summed E-state index contributed by atoms with van der Waals surface area (Å²) in [6.45, 7) is 0. The van der Waals surface area contributed by atoms with E-state index in [0.717, 1.165) is 0 Å². The second-order valence-electron chi connectivity index (χ2n) is 5.44. The molecule has 1 heterocycles. The summed E-state index contributed by atoms with van der Waals surface area (Å²) in [5.74, 6) is 0.0531. The molecule has 6 heteroatoms. The maximum Gasteiger partial charge on any atom is 0.258 e. The molecule has 0 aliphatic heterocycles. The summed E-state index contributed by atoms with van der Waals surface area (Å²) in [6, 6.07) is 12.7. The molecule has 0 radical (unpaired) electrons. The highest BCUT2D eigenvalue weighted by Gasteiger charge is 2.06. The number of carbonyl (C=O) groups is 1. The minimum absolute atomic E-state index is 0.162. The third-order valence-corrected chi connectivity index (χ3v) is 3.61. The summed E-state index contributed by atoms with van der Waals surface area (Å²) < 4.78 is 12.8. The lowest BCUT2D eigenvalue weighted by Gasteiger charge is -2.05. The molecule has 2 N–H and O–H groups in total. The summed E-state index contributed by atoms with van der Waals surface area (Å²) in [6.07, 6.45) is 1.33. The molecular formula is C18H16FN3O2. The normalized spacial score (nSPS) is 10.7. The lowest BCUT2D eigenvalue weighted by atomic mass is 10.2. The first kappa shape index (κ1) is 15.9. The number of halogens is 1. The molecule has 122 valence electrons. The molecular weight excluding hydrogens is 309 g/mol. The van der Waals surface area contributed by atoms with E-state index < -0.39 is 0 Å². The fourth-order valence-electron chi connectivity index (χ4n) is 2.43. The van der Waals surface area contributed by atoms with Gasteiger partial charge in [-0.05, 0) is 42.8 Å². The Morgan fingerprint density at radius 3 is 2.67 bits per heavy atom. The van der Waals surface area contributed by atoms with Crippen molar-refractivity contribution >= 4 is 22.5 Å². The van der Waals surface area contributed by atoms with Crippen LogP contribution in [0.3, 0.4) is 0 Å². The van der Waals surface area contributed by atoms with E-state index in [2.05, 4.69) is 15.3 Å². The Hall–Kier alpha value is -3.02. The second-order valence-corrected chi connectivity index (χ2v) is 5.44. The zero-order chi connectivity index (χ0) is 16.9. The van der Waals surface area contributed by atoms with Crippen LogP contribution in [0.4, 0.5) is 10.1 Å². The van der Waals surface area contributed by atoms with Crippen LogP contribution in [0.2, 0.25) is 0 Å². The molecule has 1 amide bonds. The number of aromatic nitrogens is 2. The van der Waals surface area contributed by atoms with E-state index in [-0.39, 0.29) is 23.7 Å². The van der Waals surface area contributed by atoms with E-state index >= 15 is 0 Å². The first-order chi connectivity index (χ1) is 11.6. The van der Waals surface area contributed by atoms with Crippen molar-refractivity contribution < 1.29 is 9.18 Å². The largest absolute Gasteiger partial charge is 0.326 e. The number of aryl methyl sites for hydroxylation is 1. The van der Waals surface area contributed by atoms with Gasteiger partial charge in [-0.25, -0.2) is 9.37 Å². The van der Waals surface area contributed by atoms with Gasteiger partial charge in [0, 0.05) is 18.5 Å². The van der Waals surface area contributed by atoms with Crippen LogP contribution in [0.15, 0.2) is 53.3 Å². The lowest BCUT2D eigenvalue weighted by Crippen LogP contribution is -2.14. The zero-order valence-corrected chi connectivity index (χ0v) is 12.9. The van der Waals surface area contributed by atoms with Crippen LogP contribution in [0.5, 0.6) is 0 Å². The van der Waals surface area contributed by atoms with Gasteiger partial charge in [-0.1, -0.05) is 12.1 Å². The molecule has 3 rings (SSSR count). The van der Waals surface area contributed by atoms with E-state index in [1.807, 2.05) is 6.07 Å². The zero-order valence-electron chi connectivity index (χ0n) is 12.9. The molecule has 0 saturated carbocycles. The third-order valence-electron chi connectivity index (χ3n) is 3.61. The molecule has 0 bridgehead atoms. The topological polar surface area (TPSA) is 74.8 Å². The average Bonchev–Trinajstić information content (AvgIpc) is 2.57. The monoisotopic (exact) mass is 325 g/mol. The molecule has 24 heavy (non-hydrogen) atoms. The number of aromatic amines is 1. The van der Waals surface area contributed by atoms with Gasteiger partial charge in [0.25, 0.3) is 5.56 Å². The van der Waals surface area contributed by atoms with Gasteiger partial charge in [0.2, 0.25) is 5.91 Å².